The predicted molar refractivity (Wildman–Crippen MR) is 347 cm³/mol. The maximum atomic E-state index is 15.3. The van der Waals surface area contributed by atoms with Gasteiger partial charge in [0.1, 0.15) is 153 Å². The van der Waals surface area contributed by atoms with Crippen molar-refractivity contribution < 1.29 is 173 Å². The van der Waals surface area contributed by atoms with Gasteiger partial charge in [0.25, 0.3) is 0 Å². The number of carbonyl (C=O) groups excluding carboxylic acids is 1. The van der Waals surface area contributed by atoms with E-state index in [1.807, 2.05) is 0 Å². The normalized spacial score (nSPS) is 54.2. The zero-order valence-corrected chi connectivity index (χ0v) is 60.3. The number of aliphatic hydroxyl groups excluding tert-OH is 20. The lowest BCUT2D eigenvalue weighted by Gasteiger charge is -2.71. The number of carbonyl (C=O) groups is 1. The van der Waals surface area contributed by atoms with Crippen molar-refractivity contribution in [1.29, 1.82) is 0 Å². The lowest BCUT2D eigenvalue weighted by molar-refractivity contribution is -0.391. The summed E-state index contributed by atoms with van der Waals surface area (Å²) in [4.78, 5) is 15.3. The summed E-state index contributed by atoms with van der Waals surface area (Å²) < 4.78 is 84.0. The second kappa shape index (κ2) is 31.3. The third-order valence-electron chi connectivity index (χ3n) is 27.0. The molecule has 4 saturated carbocycles. The van der Waals surface area contributed by atoms with Crippen molar-refractivity contribution in [3.63, 3.8) is 0 Å². The van der Waals surface area contributed by atoms with Crippen LogP contribution in [0.1, 0.15) is 120 Å². The summed E-state index contributed by atoms with van der Waals surface area (Å²) in [6.07, 6.45) is -48.2. The minimum Gasteiger partial charge on any atom is -0.432 e. The van der Waals surface area contributed by atoms with Crippen LogP contribution in [0.3, 0.4) is 0 Å². The van der Waals surface area contributed by atoms with Crippen LogP contribution in [0.15, 0.2) is 11.6 Å². The van der Waals surface area contributed by atoms with Gasteiger partial charge in [-0.15, -0.1) is 0 Å². The molecule has 12 aliphatic rings. The molecule has 0 aromatic heterocycles. The highest BCUT2D eigenvalue weighted by atomic mass is 16.8. The molecule has 12 rings (SSSR count). The largest absolute Gasteiger partial charge is 0.432 e. The summed E-state index contributed by atoms with van der Waals surface area (Å²) in [5.74, 6) is -0.838. The number of hydrogen-bond acceptors (Lipinski definition) is 35. The Morgan fingerprint density at radius 1 is 0.448 bits per heavy atom. The first-order chi connectivity index (χ1) is 49.3. The Morgan fingerprint density at radius 3 is 1.51 bits per heavy atom. The van der Waals surface area contributed by atoms with E-state index in [4.69, 9.17) is 66.3 Å². The molecule has 0 aromatic carbocycles. The van der Waals surface area contributed by atoms with E-state index in [-0.39, 0.29) is 34.0 Å². The average molecular weight is 1520 g/mol. The number of fused-ring (bicyclic) bond motifs is 7. The Bertz CT molecular complexity index is 2970. The molecule has 0 aromatic rings. The Hall–Kier alpha value is -2.11. The van der Waals surface area contributed by atoms with Gasteiger partial charge in [-0.25, -0.2) is 0 Å². The highest BCUT2D eigenvalue weighted by Gasteiger charge is 2.71. The summed E-state index contributed by atoms with van der Waals surface area (Å²) in [5, 5.41) is 217. The topological polar surface area (TPSA) is 551 Å². The van der Waals surface area contributed by atoms with E-state index in [1.165, 1.54) is 12.5 Å². The fraction of sp³-hybridized carbons (Fsp3) is 0.957. The van der Waals surface area contributed by atoms with Gasteiger partial charge in [-0.1, -0.05) is 60.1 Å². The Morgan fingerprint density at radius 2 is 0.933 bits per heavy atom. The van der Waals surface area contributed by atoms with E-state index in [0.717, 1.165) is 12.8 Å². The molecule has 5 aliphatic carbocycles. The monoisotopic (exact) mass is 1510 g/mol. The lowest BCUT2D eigenvalue weighted by atomic mass is 9.33. The van der Waals surface area contributed by atoms with Crippen LogP contribution < -0.4 is 0 Å². The van der Waals surface area contributed by atoms with E-state index in [0.29, 0.717) is 51.4 Å². The molecule has 7 saturated heterocycles. The van der Waals surface area contributed by atoms with Gasteiger partial charge in [0.2, 0.25) is 6.29 Å². The van der Waals surface area contributed by atoms with Gasteiger partial charge in [0.15, 0.2) is 37.7 Å². The number of aliphatic hydroxyl groups is 20. The number of allylic oxidation sites excluding steroid dienone is 2. The molecule has 35 heteroatoms. The van der Waals surface area contributed by atoms with E-state index in [2.05, 4.69) is 54.5 Å². The molecule has 7 aliphatic heterocycles. The van der Waals surface area contributed by atoms with Gasteiger partial charge >= 0.3 is 5.97 Å². The van der Waals surface area contributed by atoms with Crippen LogP contribution in [0, 0.1) is 50.2 Å². The first kappa shape index (κ1) is 82.4. The molecule has 604 valence electrons. The minimum atomic E-state index is -1.99. The Labute approximate surface area is 607 Å². The maximum absolute atomic E-state index is 15.3. The third kappa shape index (κ3) is 14.6. The highest BCUT2D eigenvalue weighted by molar-refractivity contribution is 5.79. The van der Waals surface area contributed by atoms with Gasteiger partial charge in [0, 0.05) is 0 Å². The summed E-state index contributed by atoms with van der Waals surface area (Å²) in [6.45, 7) is 13.1. The molecule has 41 atom stereocenters. The summed E-state index contributed by atoms with van der Waals surface area (Å²) in [6, 6.07) is 0. The van der Waals surface area contributed by atoms with Crippen LogP contribution in [0.2, 0.25) is 0 Å². The molecule has 20 N–H and O–H groups in total. The molecule has 0 spiro atoms. The fourth-order valence-electron chi connectivity index (χ4n) is 20.2. The quantitative estimate of drug-likeness (QED) is 0.0345. The van der Waals surface area contributed by atoms with Crippen molar-refractivity contribution >= 4 is 5.97 Å². The first-order valence-electron chi connectivity index (χ1n) is 37.0. The SMILES string of the molecule is C[C@@H]1O[C@H](O[C@H]2[C@@H](O[C@@H]3CC[C@]4(C)[C@H](CC[C@]5(C)[C@H]4CC=C4[C@@H]6CC(C)(C)CC[C@@]6(C(=O)O[C@H]6O[C@H](CO[C@H]7O[C@@H](CO)[C@@H](O)[C@@H](O)[C@@H]7O)[C@@H](O)[C@@H](O)[C@@H]6O)CC[C@@]45C)C3(C)C)OC[C@H](O[C@H]3O[C@H](CO)[C@@H](O)[C@H](O)[C@H]3O)[C@@H]2O)[C@@H](O)[C@@H](O[C@H]2OC[C@@H](O[C@@H]3O[C@H](CO)[C@H](O)[C@@H](O)[C@@H]3O)[C@H](O)[C@@H]2O)[C@H]1O. The van der Waals surface area contributed by atoms with Crippen LogP contribution in [-0.4, -0.2) is 357 Å². The van der Waals surface area contributed by atoms with Crippen molar-refractivity contribution in [2.75, 3.05) is 39.6 Å². The molecular formula is C70H114O35. The molecule has 0 radical (unpaired) electrons. The number of esters is 1. The van der Waals surface area contributed by atoms with Crippen LogP contribution >= 0.6 is 0 Å². The average Bonchev–Trinajstić information content (AvgIpc) is 0.675. The summed E-state index contributed by atoms with van der Waals surface area (Å²) >= 11 is 0. The summed E-state index contributed by atoms with van der Waals surface area (Å²) in [5.41, 5.74) is -1.86. The highest BCUT2D eigenvalue weighted by Crippen LogP contribution is 2.76. The van der Waals surface area contributed by atoms with Crippen molar-refractivity contribution in [2.24, 2.45) is 50.2 Å². The predicted octanol–water partition coefficient (Wildman–Crippen LogP) is -6.26. The van der Waals surface area contributed by atoms with Crippen molar-refractivity contribution in [3.8, 4) is 0 Å². The molecule has 11 fully saturated rings. The Balaban J connectivity index is 0.753. The molecule has 0 bridgehead atoms. The van der Waals surface area contributed by atoms with E-state index >= 15 is 4.79 Å². The molecule has 0 unspecified atom stereocenters. The number of ether oxygens (including phenoxy) is 14. The smallest absolute Gasteiger partial charge is 0.315 e. The molecule has 35 nitrogen and oxygen atoms in total. The molecular weight excluding hydrogens is 1400 g/mol. The molecule has 0 amide bonds. The first-order valence-corrected chi connectivity index (χ1v) is 37.0. The van der Waals surface area contributed by atoms with E-state index in [1.54, 1.807) is 0 Å². The van der Waals surface area contributed by atoms with Crippen molar-refractivity contribution in [1.82, 2.24) is 0 Å². The number of hydrogen-bond donors (Lipinski definition) is 20. The molecule has 105 heavy (non-hydrogen) atoms. The molecule has 7 heterocycles. The third-order valence-corrected chi connectivity index (χ3v) is 27.0. The van der Waals surface area contributed by atoms with Crippen LogP contribution in [0.4, 0.5) is 0 Å². The standard InChI is InChI=1S/C70H114O35/c1-26-38(74)55(103-58-49(85)43(79)33(24-93-58)99-59-51(87)46(82)40(76)30(21-72)97-59)54(90)62(95-26)104-56-44(80)34(101-60-52(88)47(83)41(77)31(22-73)98-60)25-94-63(56)102-37-12-13-67(6)35(66(37,4)5)11-14-69(8)36(67)10-9-27-28-19-65(2,3)15-17-70(28,18-16-68(27,69)7)64(91)105-61-53(89)48(84)42(78)32(100-61)23-92-57-50(86)45(81)39(75)29(20-71)96-57/h9,26,28-63,71-90H,10-25H2,1-8H3/t26-,28-,29-,30+,31+,32+,33+,34-,35+,36-,37+,38-,39+,40-,41+,42+,43-,44-,45+,46+,47-,48+,49-,50-,51-,52+,53-,54-,55-,56+,57-,58+,59-,60+,61+,62+,63+,67+,68-,69+,70+/m0/s1. The Kier molecular flexibility index (Phi) is 24.6. The zero-order valence-electron chi connectivity index (χ0n) is 60.3. The summed E-state index contributed by atoms with van der Waals surface area (Å²) in [7, 11) is 0. The second-order valence-corrected chi connectivity index (χ2v) is 33.8. The van der Waals surface area contributed by atoms with Gasteiger partial charge in [-0.3, -0.25) is 4.79 Å². The fourth-order valence-corrected chi connectivity index (χ4v) is 20.2. The minimum absolute atomic E-state index is 0.00166. The van der Waals surface area contributed by atoms with Crippen molar-refractivity contribution in [3.05, 3.63) is 11.6 Å². The zero-order chi connectivity index (χ0) is 76.4. The van der Waals surface area contributed by atoms with E-state index in [9.17, 15) is 102 Å². The van der Waals surface area contributed by atoms with Gasteiger partial charge in [0.05, 0.1) is 57.3 Å². The lowest BCUT2D eigenvalue weighted by Crippen LogP contribution is -2.67. The number of rotatable bonds is 18. The van der Waals surface area contributed by atoms with Crippen LogP contribution in [0.5, 0.6) is 0 Å². The van der Waals surface area contributed by atoms with Crippen molar-refractivity contribution in [2.45, 2.75) is 328 Å². The van der Waals surface area contributed by atoms with Crippen LogP contribution in [0.25, 0.3) is 0 Å². The van der Waals surface area contributed by atoms with Gasteiger partial charge in [-0.2, -0.15) is 0 Å². The second-order valence-electron chi connectivity index (χ2n) is 33.8. The van der Waals surface area contributed by atoms with Gasteiger partial charge < -0.3 is 168 Å². The maximum Gasteiger partial charge on any atom is 0.315 e. The van der Waals surface area contributed by atoms with Gasteiger partial charge in [-0.05, 0) is 116 Å². The van der Waals surface area contributed by atoms with E-state index < -0.39 is 271 Å². The van der Waals surface area contributed by atoms with Crippen LogP contribution in [-0.2, 0) is 71.1 Å².